The lowest BCUT2D eigenvalue weighted by molar-refractivity contribution is 0.167. The zero-order chi connectivity index (χ0) is 17.6. The average Bonchev–Trinajstić information content (AvgIpc) is 3.43. The number of nitrogens with zero attached hydrogens (tertiary/aromatic N) is 1. The van der Waals surface area contributed by atoms with Crippen LogP contribution in [-0.2, 0) is 0 Å². The first-order valence-corrected chi connectivity index (χ1v) is 9.31. The normalized spacial score (nSPS) is 20.2. The molecule has 138 valence electrons. The van der Waals surface area contributed by atoms with E-state index in [9.17, 15) is 15.0 Å². The fourth-order valence-electron chi connectivity index (χ4n) is 3.38. The van der Waals surface area contributed by atoms with Crippen molar-refractivity contribution in [2.45, 2.75) is 31.8 Å². The van der Waals surface area contributed by atoms with Gasteiger partial charge in [0.1, 0.15) is 5.75 Å². The summed E-state index contributed by atoms with van der Waals surface area (Å²) in [7, 11) is 0. The van der Waals surface area contributed by atoms with E-state index >= 15 is 0 Å². The topological polar surface area (TPSA) is 84.8 Å². The molecule has 1 saturated heterocycles. The monoisotopic (exact) mass is 347 g/mol. The SMILES string of the molecule is O=C(NCC1CCN(CC2CC2)CC1)NC[C@H](O)c1cccc(O)c1. The number of hydrogen-bond donors (Lipinski definition) is 4. The maximum absolute atomic E-state index is 11.9. The van der Waals surface area contributed by atoms with E-state index in [0.29, 0.717) is 18.0 Å². The Labute approximate surface area is 149 Å². The van der Waals surface area contributed by atoms with Gasteiger partial charge in [0.05, 0.1) is 6.10 Å². The Balaban J connectivity index is 1.30. The van der Waals surface area contributed by atoms with Crippen LogP contribution in [0.15, 0.2) is 24.3 Å². The van der Waals surface area contributed by atoms with Crippen molar-refractivity contribution in [3.63, 3.8) is 0 Å². The molecule has 1 saturated carbocycles. The largest absolute Gasteiger partial charge is 0.508 e. The van der Waals surface area contributed by atoms with Crippen LogP contribution in [0.4, 0.5) is 4.79 Å². The van der Waals surface area contributed by atoms with Gasteiger partial charge in [-0.25, -0.2) is 4.79 Å². The number of rotatable bonds is 7. The number of aromatic hydroxyl groups is 1. The van der Waals surface area contributed by atoms with Crippen LogP contribution in [0.25, 0.3) is 0 Å². The van der Waals surface area contributed by atoms with Crippen LogP contribution in [0.5, 0.6) is 5.75 Å². The van der Waals surface area contributed by atoms with Crippen LogP contribution >= 0.6 is 0 Å². The van der Waals surface area contributed by atoms with E-state index in [1.165, 1.54) is 25.5 Å². The molecular weight excluding hydrogens is 318 g/mol. The molecule has 3 rings (SSSR count). The standard InChI is InChI=1S/C19H29N3O3/c23-17-3-1-2-16(10-17)18(24)12-21-19(25)20-11-14-6-8-22(9-7-14)13-15-4-5-15/h1-3,10,14-15,18,23-24H,4-9,11-13H2,(H2,20,21,25)/t18-/m0/s1. The Kier molecular flexibility index (Phi) is 6.15. The first-order valence-electron chi connectivity index (χ1n) is 9.31. The van der Waals surface area contributed by atoms with Gasteiger partial charge in [-0.3, -0.25) is 0 Å². The molecule has 0 spiro atoms. The number of carbonyl (C=O) groups is 1. The molecule has 0 unspecified atom stereocenters. The van der Waals surface area contributed by atoms with Crippen LogP contribution in [-0.4, -0.2) is 53.9 Å². The molecule has 2 aliphatic rings. The fraction of sp³-hybridized carbons (Fsp3) is 0.632. The van der Waals surface area contributed by atoms with E-state index in [4.69, 9.17) is 0 Å². The van der Waals surface area contributed by atoms with Crippen molar-refractivity contribution in [1.82, 2.24) is 15.5 Å². The number of aliphatic hydroxyl groups is 1. The van der Waals surface area contributed by atoms with Gasteiger partial charge in [-0.15, -0.1) is 0 Å². The van der Waals surface area contributed by atoms with Gasteiger partial charge in [0.15, 0.2) is 0 Å². The lowest BCUT2D eigenvalue weighted by Crippen LogP contribution is -2.43. The predicted octanol–water partition coefficient (Wildman–Crippen LogP) is 1.85. The maximum Gasteiger partial charge on any atom is 0.314 e. The second-order valence-electron chi connectivity index (χ2n) is 7.39. The van der Waals surface area contributed by atoms with Gasteiger partial charge in [0.25, 0.3) is 0 Å². The zero-order valence-electron chi connectivity index (χ0n) is 14.7. The first kappa shape index (κ1) is 18.0. The summed E-state index contributed by atoms with van der Waals surface area (Å²) in [5.74, 6) is 1.59. The van der Waals surface area contributed by atoms with Crippen molar-refractivity contribution >= 4 is 6.03 Å². The quantitative estimate of drug-likeness (QED) is 0.606. The second-order valence-corrected chi connectivity index (χ2v) is 7.39. The van der Waals surface area contributed by atoms with Crippen LogP contribution in [0.3, 0.4) is 0 Å². The molecule has 6 nitrogen and oxygen atoms in total. The molecule has 1 aliphatic heterocycles. The van der Waals surface area contributed by atoms with E-state index in [1.807, 2.05) is 0 Å². The molecule has 6 heteroatoms. The van der Waals surface area contributed by atoms with Crippen molar-refractivity contribution in [3.05, 3.63) is 29.8 Å². The van der Waals surface area contributed by atoms with Crippen molar-refractivity contribution in [3.8, 4) is 5.75 Å². The highest BCUT2D eigenvalue weighted by Crippen LogP contribution is 2.31. The van der Waals surface area contributed by atoms with E-state index < -0.39 is 6.10 Å². The number of hydrogen-bond acceptors (Lipinski definition) is 4. The summed E-state index contributed by atoms with van der Waals surface area (Å²) in [6.07, 6.45) is 4.24. The third kappa shape index (κ3) is 5.90. The van der Waals surface area contributed by atoms with E-state index in [1.54, 1.807) is 18.2 Å². The van der Waals surface area contributed by atoms with Gasteiger partial charge >= 0.3 is 6.03 Å². The van der Waals surface area contributed by atoms with Crippen molar-refractivity contribution in [2.75, 3.05) is 32.7 Å². The number of amides is 2. The Morgan fingerprint density at radius 3 is 2.60 bits per heavy atom. The predicted molar refractivity (Wildman–Crippen MR) is 96.4 cm³/mol. The van der Waals surface area contributed by atoms with Crippen LogP contribution < -0.4 is 10.6 Å². The summed E-state index contributed by atoms with van der Waals surface area (Å²) < 4.78 is 0. The van der Waals surface area contributed by atoms with Crippen LogP contribution in [0, 0.1) is 11.8 Å². The highest BCUT2D eigenvalue weighted by atomic mass is 16.3. The Morgan fingerprint density at radius 1 is 1.16 bits per heavy atom. The molecule has 1 heterocycles. The Bertz CT molecular complexity index is 569. The van der Waals surface area contributed by atoms with Gasteiger partial charge < -0.3 is 25.7 Å². The summed E-state index contributed by atoms with van der Waals surface area (Å²) in [5.41, 5.74) is 0.586. The zero-order valence-corrected chi connectivity index (χ0v) is 14.7. The van der Waals surface area contributed by atoms with Crippen molar-refractivity contribution in [1.29, 1.82) is 0 Å². The van der Waals surface area contributed by atoms with Gasteiger partial charge in [-0.2, -0.15) is 0 Å². The number of aliphatic hydroxyl groups excluding tert-OH is 1. The molecule has 25 heavy (non-hydrogen) atoms. The minimum absolute atomic E-state index is 0.106. The lowest BCUT2D eigenvalue weighted by Gasteiger charge is -2.32. The molecule has 2 fully saturated rings. The molecule has 0 aromatic heterocycles. The summed E-state index contributed by atoms with van der Waals surface area (Å²) in [4.78, 5) is 14.5. The van der Waals surface area contributed by atoms with E-state index in [0.717, 1.165) is 31.8 Å². The molecule has 1 atom stereocenters. The molecule has 1 aliphatic carbocycles. The van der Waals surface area contributed by atoms with E-state index in [-0.39, 0.29) is 18.3 Å². The Hall–Kier alpha value is -1.79. The smallest absolute Gasteiger partial charge is 0.314 e. The lowest BCUT2D eigenvalue weighted by atomic mass is 9.96. The summed E-state index contributed by atoms with van der Waals surface area (Å²) in [6.45, 7) is 4.34. The number of benzene rings is 1. The summed E-state index contributed by atoms with van der Waals surface area (Å²) in [5, 5.41) is 25.1. The average molecular weight is 347 g/mol. The molecule has 1 aromatic carbocycles. The van der Waals surface area contributed by atoms with Crippen molar-refractivity contribution < 1.29 is 15.0 Å². The van der Waals surface area contributed by atoms with E-state index in [2.05, 4.69) is 15.5 Å². The van der Waals surface area contributed by atoms with Gasteiger partial charge in [-0.05, 0) is 68.3 Å². The number of likely N-dealkylation sites (tertiary alicyclic amines) is 1. The summed E-state index contributed by atoms with van der Waals surface area (Å²) in [6, 6.07) is 6.19. The number of piperidine rings is 1. The van der Waals surface area contributed by atoms with Crippen molar-refractivity contribution in [2.24, 2.45) is 11.8 Å². The van der Waals surface area contributed by atoms with Gasteiger partial charge in [0, 0.05) is 19.6 Å². The molecule has 2 amide bonds. The minimum Gasteiger partial charge on any atom is -0.508 e. The Morgan fingerprint density at radius 2 is 1.92 bits per heavy atom. The number of phenolic OH excluding ortho intramolecular Hbond substituents is 1. The second kappa shape index (κ2) is 8.54. The molecule has 0 radical (unpaired) electrons. The maximum atomic E-state index is 11.9. The highest BCUT2D eigenvalue weighted by molar-refractivity contribution is 5.73. The van der Waals surface area contributed by atoms with Crippen LogP contribution in [0.1, 0.15) is 37.4 Å². The highest BCUT2D eigenvalue weighted by Gasteiger charge is 2.27. The van der Waals surface area contributed by atoms with Gasteiger partial charge in [-0.1, -0.05) is 12.1 Å². The number of nitrogens with one attached hydrogen (secondary N) is 2. The number of carbonyl (C=O) groups excluding carboxylic acids is 1. The fourth-order valence-corrected chi connectivity index (χ4v) is 3.38. The molecular formula is C19H29N3O3. The molecule has 4 N–H and O–H groups in total. The first-order chi connectivity index (χ1) is 12.1. The number of urea groups is 1. The number of phenols is 1. The third-order valence-corrected chi connectivity index (χ3v) is 5.18. The minimum atomic E-state index is -0.830. The summed E-state index contributed by atoms with van der Waals surface area (Å²) >= 11 is 0. The molecule has 0 bridgehead atoms. The van der Waals surface area contributed by atoms with Gasteiger partial charge in [0.2, 0.25) is 0 Å². The van der Waals surface area contributed by atoms with Crippen LogP contribution in [0.2, 0.25) is 0 Å². The third-order valence-electron chi connectivity index (χ3n) is 5.18. The molecule has 1 aromatic rings.